The van der Waals surface area contributed by atoms with E-state index in [1.807, 2.05) is 30.6 Å². The van der Waals surface area contributed by atoms with Crippen LogP contribution < -0.4 is 10.1 Å². The smallest absolute Gasteiger partial charge is 0.119 e. The average molecular weight is 229 g/mol. The van der Waals surface area contributed by atoms with Gasteiger partial charge in [-0.2, -0.15) is 0 Å². The summed E-state index contributed by atoms with van der Waals surface area (Å²) >= 11 is 0. The van der Waals surface area contributed by atoms with Gasteiger partial charge in [0.05, 0.1) is 7.11 Å². The van der Waals surface area contributed by atoms with E-state index in [9.17, 15) is 0 Å². The predicted molar refractivity (Wildman–Crippen MR) is 65.6 cm³/mol. The van der Waals surface area contributed by atoms with Crippen molar-refractivity contribution >= 4 is 0 Å². The van der Waals surface area contributed by atoms with Crippen molar-refractivity contribution in [3.8, 4) is 5.75 Å². The summed E-state index contributed by atoms with van der Waals surface area (Å²) < 4.78 is 5.17. The molecular weight excluding hydrogens is 214 g/mol. The van der Waals surface area contributed by atoms with Crippen molar-refractivity contribution in [2.24, 2.45) is 0 Å². The summed E-state index contributed by atoms with van der Waals surface area (Å²) in [6.07, 6.45) is 5.16. The van der Waals surface area contributed by atoms with E-state index < -0.39 is 0 Å². The van der Waals surface area contributed by atoms with Crippen molar-refractivity contribution in [3.05, 3.63) is 54.1 Å². The summed E-state index contributed by atoms with van der Waals surface area (Å²) in [5.74, 6) is 0.882. The molecule has 0 aliphatic carbocycles. The van der Waals surface area contributed by atoms with Crippen molar-refractivity contribution in [1.82, 2.24) is 15.3 Å². The highest BCUT2D eigenvalue weighted by Crippen LogP contribution is 2.12. The molecule has 0 saturated heterocycles. The van der Waals surface area contributed by atoms with Crippen LogP contribution in [0.1, 0.15) is 11.1 Å². The Morgan fingerprint density at radius 3 is 2.65 bits per heavy atom. The Labute approximate surface area is 101 Å². The predicted octanol–water partition coefficient (Wildman–Crippen LogP) is 1.77. The Balaban J connectivity index is 1.86. The highest BCUT2D eigenvalue weighted by Gasteiger charge is 1.96. The normalized spacial score (nSPS) is 10.2. The lowest BCUT2D eigenvalue weighted by molar-refractivity contribution is 0.414. The molecule has 0 saturated carbocycles. The van der Waals surface area contributed by atoms with E-state index in [-0.39, 0.29) is 0 Å². The van der Waals surface area contributed by atoms with Gasteiger partial charge in [0.15, 0.2) is 0 Å². The quantitative estimate of drug-likeness (QED) is 0.849. The third-order valence-electron chi connectivity index (χ3n) is 2.41. The number of benzene rings is 1. The fraction of sp³-hybridized carbons (Fsp3) is 0.231. The number of rotatable bonds is 5. The lowest BCUT2D eigenvalue weighted by atomic mass is 10.2. The van der Waals surface area contributed by atoms with Gasteiger partial charge < -0.3 is 10.1 Å². The number of nitrogens with zero attached hydrogens (tertiary/aromatic N) is 2. The van der Waals surface area contributed by atoms with Crippen LogP contribution in [0.15, 0.2) is 43.0 Å². The maximum atomic E-state index is 5.17. The first-order valence-corrected chi connectivity index (χ1v) is 5.46. The fourth-order valence-electron chi connectivity index (χ4n) is 1.55. The molecule has 0 aliphatic heterocycles. The summed E-state index contributed by atoms with van der Waals surface area (Å²) in [4.78, 5) is 7.93. The molecule has 17 heavy (non-hydrogen) atoms. The summed E-state index contributed by atoms with van der Waals surface area (Å²) in [5, 5.41) is 3.33. The van der Waals surface area contributed by atoms with E-state index in [0.29, 0.717) is 0 Å². The summed E-state index contributed by atoms with van der Waals surface area (Å²) in [5.41, 5.74) is 2.27. The highest BCUT2D eigenvalue weighted by atomic mass is 16.5. The average Bonchev–Trinajstić information content (AvgIpc) is 2.40. The standard InChI is InChI=1S/C13H15N3O/c1-17-13-4-2-3-11(5-13)6-14-7-12-8-15-10-16-9-12/h2-5,8-10,14H,6-7H2,1H3. The maximum Gasteiger partial charge on any atom is 0.119 e. The zero-order valence-electron chi connectivity index (χ0n) is 9.76. The summed E-state index contributed by atoms with van der Waals surface area (Å²) in [6, 6.07) is 8.02. The van der Waals surface area contributed by atoms with Crippen LogP contribution in [0.25, 0.3) is 0 Å². The van der Waals surface area contributed by atoms with Crippen LogP contribution in [0.3, 0.4) is 0 Å². The van der Waals surface area contributed by atoms with E-state index in [1.54, 1.807) is 7.11 Å². The van der Waals surface area contributed by atoms with Crippen LogP contribution in [0.2, 0.25) is 0 Å². The molecule has 88 valence electrons. The molecule has 1 N–H and O–H groups in total. The third-order valence-corrected chi connectivity index (χ3v) is 2.41. The van der Waals surface area contributed by atoms with E-state index in [2.05, 4.69) is 21.4 Å². The van der Waals surface area contributed by atoms with E-state index in [0.717, 1.165) is 24.4 Å². The van der Waals surface area contributed by atoms with Crippen molar-refractivity contribution in [3.63, 3.8) is 0 Å². The van der Waals surface area contributed by atoms with Gasteiger partial charge in [-0.15, -0.1) is 0 Å². The minimum absolute atomic E-state index is 0.762. The molecule has 0 amide bonds. The second-order valence-electron chi connectivity index (χ2n) is 3.70. The molecular formula is C13H15N3O. The van der Waals surface area contributed by atoms with Gasteiger partial charge in [0.1, 0.15) is 12.1 Å². The van der Waals surface area contributed by atoms with Crippen molar-refractivity contribution in [2.75, 3.05) is 7.11 Å². The molecule has 0 fully saturated rings. The Morgan fingerprint density at radius 1 is 1.12 bits per heavy atom. The Bertz CT molecular complexity index is 459. The Kier molecular flexibility index (Phi) is 4.05. The number of aromatic nitrogens is 2. The first kappa shape index (κ1) is 11.5. The fourth-order valence-corrected chi connectivity index (χ4v) is 1.55. The Morgan fingerprint density at radius 2 is 1.88 bits per heavy atom. The molecule has 0 radical (unpaired) electrons. The molecule has 4 nitrogen and oxygen atoms in total. The van der Waals surface area contributed by atoms with E-state index in [1.165, 1.54) is 11.9 Å². The van der Waals surface area contributed by atoms with Crippen LogP contribution in [0.4, 0.5) is 0 Å². The van der Waals surface area contributed by atoms with Crippen molar-refractivity contribution in [1.29, 1.82) is 0 Å². The molecule has 2 aromatic rings. The topological polar surface area (TPSA) is 47.0 Å². The number of hydrogen-bond donors (Lipinski definition) is 1. The summed E-state index contributed by atoms with van der Waals surface area (Å²) in [7, 11) is 1.67. The van der Waals surface area contributed by atoms with Crippen molar-refractivity contribution in [2.45, 2.75) is 13.1 Å². The minimum Gasteiger partial charge on any atom is -0.497 e. The van der Waals surface area contributed by atoms with Gasteiger partial charge in [-0.05, 0) is 17.7 Å². The van der Waals surface area contributed by atoms with E-state index >= 15 is 0 Å². The monoisotopic (exact) mass is 229 g/mol. The molecule has 0 spiro atoms. The van der Waals surface area contributed by atoms with Gasteiger partial charge >= 0.3 is 0 Å². The van der Waals surface area contributed by atoms with Gasteiger partial charge in [0, 0.05) is 31.0 Å². The number of hydrogen-bond acceptors (Lipinski definition) is 4. The van der Waals surface area contributed by atoms with Crippen LogP contribution >= 0.6 is 0 Å². The second kappa shape index (κ2) is 5.96. The SMILES string of the molecule is COc1cccc(CNCc2cncnc2)c1. The summed E-state index contributed by atoms with van der Waals surface area (Å²) in [6.45, 7) is 1.56. The van der Waals surface area contributed by atoms with Gasteiger partial charge in [-0.1, -0.05) is 12.1 Å². The van der Waals surface area contributed by atoms with Gasteiger partial charge in [-0.25, -0.2) is 9.97 Å². The van der Waals surface area contributed by atoms with Crippen molar-refractivity contribution < 1.29 is 4.74 Å². The van der Waals surface area contributed by atoms with Gasteiger partial charge in [0.2, 0.25) is 0 Å². The second-order valence-corrected chi connectivity index (χ2v) is 3.70. The Hall–Kier alpha value is -1.94. The molecule has 0 unspecified atom stereocenters. The zero-order valence-corrected chi connectivity index (χ0v) is 9.76. The van der Waals surface area contributed by atoms with E-state index in [4.69, 9.17) is 4.74 Å². The first-order valence-electron chi connectivity index (χ1n) is 5.46. The molecule has 1 aromatic carbocycles. The number of methoxy groups -OCH3 is 1. The van der Waals surface area contributed by atoms with Crippen LogP contribution in [0, 0.1) is 0 Å². The van der Waals surface area contributed by atoms with Gasteiger partial charge in [-0.3, -0.25) is 0 Å². The molecule has 0 atom stereocenters. The molecule has 1 heterocycles. The lowest BCUT2D eigenvalue weighted by Gasteiger charge is -2.06. The number of ether oxygens (including phenoxy) is 1. The minimum atomic E-state index is 0.762. The number of nitrogens with one attached hydrogen (secondary N) is 1. The molecule has 0 bridgehead atoms. The zero-order chi connectivity index (χ0) is 11.9. The highest BCUT2D eigenvalue weighted by molar-refractivity contribution is 5.28. The van der Waals surface area contributed by atoms with Gasteiger partial charge in [0.25, 0.3) is 0 Å². The van der Waals surface area contributed by atoms with Crippen LogP contribution in [-0.2, 0) is 13.1 Å². The molecule has 2 rings (SSSR count). The van der Waals surface area contributed by atoms with Crippen LogP contribution in [-0.4, -0.2) is 17.1 Å². The molecule has 4 heteroatoms. The molecule has 1 aromatic heterocycles. The largest absolute Gasteiger partial charge is 0.497 e. The van der Waals surface area contributed by atoms with Crippen LogP contribution in [0.5, 0.6) is 5.75 Å². The molecule has 0 aliphatic rings. The first-order chi connectivity index (χ1) is 8.38. The lowest BCUT2D eigenvalue weighted by Crippen LogP contribution is -2.12. The maximum absolute atomic E-state index is 5.17. The third kappa shape index (κ3) is 3.53.